The first-order valence-electron chi connectivity index (χ1n) is 13.9. The number of amides is 3. The fourth-order valence-corrected chi connectivity index (χ4v) is 7.35. The number of nitrogens with zero attached hydrogens (tertiary/aromatic N) is 6. The number of aliphatic carboxylic acids is 2. The lowest BCUT2D eigenvalue weighted by atomic mass is 10.0. The number of pyridine rings is 1. The molecule has 0 radical (unpaired) electrons. The van der Waals surface area contributed by atoms with E-state index in [0.29, 0.717) is 22.7 Å². The van der Waals surface area contributed by atoms with Gasteiger partial charge in [-0.3, -0.25) is 19.3 Å². The minimum Gasteiger partial charge on any atom is -0.543 e. The van der Waals surface area contributed by atoms with E-state index in [0.717, 1.165) is 16.2 Å². The molecule has 2 atom stereocenters. The number of anilines is 2. The lowest BCUT2D eigenvalue weighted by molar-refractivity contribution is -0.689. The van der Waals surface area contributed by atoms with Gasteiger partial charge in [-0.2, -0.15) is 0 Å². The summed E-state index contributed by atoms with van der Waals surface area (Å²) < 4.78 is 22.9. The summed E-state index contributed by atoms with van der Waals surface area (Å²) in [4.78, 5) is 70.2. The third-order valence-corrected chi connectivity index (χ3v) is 10.6. The highest BCUT2D eigenvalue weighted by molar-refractivity contribution is 8.00. The third kappa shape index (κ3) is 8.94. The Hall–Kier alpha value is -5.04. The Bertz CT molecular complexity index is 2000. The number of rotatable bonds is 11. The van der Waals surface area contributed by atoms with E-state index in [2.05, 4.69) is 31.0 Å². The molecule has 0 aliphatic carbocycles. The van der Waals surface area contributed by atoms with Gasteiger partial charge < -0.3 is 36.2 Å². The van der Waals surface area contributed by atoms with Crippen molar-refractivity contribution in [2.45, 2.75) is 48.7 Å². The van der Waals surface area contributed by atoms with Crippen LogP contribution in [0.1, 0.15) is 26.5 Å². The quantitative estimate of drug-likeness (QED) is 0.0456. The topological polar surface area (TPSA) is 306 Å². The van der Waals surface area contributed by atoms with Crippen molar-refractivity contribution in [2.24, 2.45) is 10.3 Å². The van der Waals surface area contributed by atoms with Gasteiger partial charge in [0.05, 0.1) is 11.7 Å². The van der Waals surface area contributed by atoms with E-state index in [1.807, 2.05) is 6.07 Å². The number of carbonyl (C=O) groups is 5. The van der Waals surface area contributed by atoms with Crippen LogP contribution in [0.4, 0.5) is 10.3 Å². The fraction of sp³-hybridized carbons (Fsp3) is 0.308. The number of hydrogen-bond acceptors (Lipinski definition) is 17. The first-order valence-corrected chi connectivity index (χ1v) is 18.2. The third-order valence-electron chi connectivity index (χ3n) is 6.47. The number of nitrogens with one attached hydrogen (secondary N) is 2. The minimum absolute atomic E-state index is 0.0265. The molecule has 266 valence electrons. The molecule has 5 heterocycles. The fourth-order valence-electron chi connectivity index (χ4n) is 4.09. The highest BCUT2D eigenvalue weighted by atomic mass is 32.2. The summed E-state index contributed by atoms with van der Waals surface area (Å²) in [5.41, 5.74) is 3.83. The van der Waals surface area contributed by atoms with Crippen molar-refractivity contribution < 1.29 is 52.0 Å². The Balaban J connectivity index is 0.000000363. The van der Waals surface area contributed by atoms with E-state index >= 15 is 0 Å². The second-order valence-electron chi connectivity index (χ2n) is 10.7. The van der Waals surface area contributed by atoms with Crippen LogP contribution in [0.25, 0.3) is 0 Å². The number of carboxylic acid groups (broad SMARTS) is 2. The number of sulfonamides is 1. The molecule has 0 spiro atoms. The van der Waals surface area contributed by atoms with Crippen LogP contribution in [-0.2, 0) is 45.4 Å². The Kier molecular flexibility index (Phi) is 11.5. The number of thioether (sulfide) groups is 1. The normalized spacial score (nSPS) is 17.5. The molecule has 3 aromatic rings. The predicted octanol–water partition coefficient (Wildman–Crippen LogP) is -2.16. The summed E-state index contributed by atoms with van der Waals surface area (Å²) in [5, 5.41) is 42.2. The maximum atomic E-state index is 13.1. The summed E-state index contributed by atoms with van der Waals surface area (Å²) in [6.45, 7) is 4.02. The van der Waals surface area contributed by atoms with Crippen LogP contribution < -0.4 is 31.2 Å². The van der Waals surface area contributed by atoms with Crippen LogP contribution in [-0.4, -0.2) is 91.7 Å². The van der Waals surface area contributed by atoms with Crippen molar-refractivity contribution >= 4 is 90.1 Å². The number of fused-ring (bicyclic) bond motifs is 1. The summed E-state index contributed by atoms with van der Waals surface area (Å²) in [6.07, 6.45) is 3.55. The molecule has 24 heteroatoms. The maximum Gasteiger partial charge on any atom is 0.350 e. The summed E-state index contributed by atoms with van der Waals surface area (Å²) >= 11 is 3.02. The van der Waals surface area contributed by atoms with Gasteiger partial charge in [0.2, 0.25) is 21.0 Å². The molecule has 0 saturated carbocycles. The highest BCUT2D eigenvalue weighted by Crippen LogP contribution is 2.40. The predicted molar refractivity (Wildman–Crippen MR) is 175 cm³/mol. The van der Waals surface area contributed by atoms with E-state index in [-0.39, 0.29) is 44.2 Å². The zero-order valence-electron chi connectivity index (χ0n) is 26.1. The SMILES string of the molecule is CC(=O)Nc1nnc(S(N)(=O)=O)s1.CC(C)(O/N=C(\C(=O)N[C@@H]1C(=O)N2C(C(=O)[O-])=C(C[n+]3ccccc3)CS[C@H]12)c1csc(N)n1)C(=O)O. The molecule has 5 rings (SSSR count). The summed E-state index contributed by atoms with van der Waals surface area (Å²) in [6, 6.07) is 4.36. The highest BCUT2D eigenvalue weighted by Gasteiger charge is 2.53. The Labute approximate surface area is 295 Å². The number of nitrogen functional groups attached to an aromatic ring is 1. The van der Waals surface area contributed by atoms with Crippen molar-refractivity contribution in [3.05, 3.63) is 52.9 Å². The van der Waals surface area contributed by atoms with Crippen LogP contribution in [0.15, 0.2) is 56.7 Å². The van der Waals surface area contributed by atoms with Crippen molar-refractivity contribution in [3.63, 3.8) is 0 Å². The van der Waals surface area contributed by atoms with Gasteiger partial charge in [0.15, 0.2) is 29.8 Å². The number of thiazole rings is 1. The van der Waals surface area contributed by atoms with E-state index in [9.17, 15) is 42.6 Å². The molecule has 0 bridgehead atoms. The molecule has 50 heavy (non-hydrogen) atoms. The molecular formula is C26H28N10O10S4. The standard InChI is InChI=1S/C22H22N6O7S2.C4H6N4O3S2/c1-22(2,20(33)34)35-26-13(12-10-37-21(23)24-12)16(29)25-14-17(30)28-15(19(31)32)11(9-36-18(14)28)8-27-6-4-3-5-7-27;1-2(9)6-3-7-8-4(12-3)13(5,10)11/h3-7,10,14,18H,8-9H2,1-2H3,(H4-,23,24,25,29,31,32,33,34);1H3,(H2,5,10,11)(H,6,7,9)/b26-13-;/t14-,18-;/m1./s1. The second-order valence-corrected chi connectivity index (χ2v) is 15.4. The number of aromatic nitrogens is 4. The monoisotopic (exact) mass is 768 g/mol. The van der Waals surface area contributed by atoms with Crippen molar-refractivity contribution in [3.8, 4) is 0 Å². The lowest BCUT2D eigenvalue weighted by Crippen LogP contribution is -2.71. The van der Waals surface area contributed by atoms with E-state index in [1.165, 1.54) is 37.9 Å². The zero-order valence-corrected chi connectivity index (χ0v) is 29.4. The Morgan fingerprint density at radius 3 is 2.44 bits per heavy atom. The van der Waals surface area contributed by atoms with Crippen LogP contribution in [0.3, 0.4) is 0 Å². The number of carboxylic acids is 2. The Morgan fingerprint density at radius 2 is 1.90 bits per heavy atom. The molecule has 2 aliphatic rings. The second kappa shape index (κ2) is 15.2. The van der Waals surface area contributed by atoms with Gasteiger partial charge in [-0.1, -0.05) is 22.6 Å². The van der Waals surface area contributed by atoms with Crippen LogP contribution >= 0.6 is 34.4 Å². The maximum absolute atomic E-state index is 13.1. The van der Waals surface area contributed by atoms with Gasteiger partial charge in [-0.15, -0.1) is 33.3 Å². The molecule has 3 amide bonds. The molecule has 20 nitrogen and oxygen atoms in total. The van der Waals surface area contributed by atoms with Crippen LogP contribution in [0.5, 0.6) is 0 Å². The molecule has 1 fully saturated rings. The average Bonchev–Trinajstić information content (AvgIpc) is 3.69. The van der Waals surface area contributed by atoms with E-state index in [4.69, 9.17) is 15.7 Å². The number of oxime groups is 1. The van der Waals surface area contributed by atoms with E-state index in [1.54, 1.807) is 29.1 Å². The molecule has 3 aromatic heterocycles. The molecule has 1 saturated heterocycles. The van der Waals surface area contributed by atoms with Crippen LogP contribution in [0, 0.1) is 0 Å². The minimum atomic E-state index is -3.82. The number of hydrogen-bond donors (Lipinski definition) is 5. The summed E-state index contributed by atoms with van der Waals surface area (Å²) in [5.74, 6) is -4.36. The van der Waals surface area contributed by atoms with Crippen molar-refractivity contribution in [2.75, 3.05) is 16.8 Å². The van der Waals surface area contributed by atoms with Gasteiger partial charge in [0, 0.05) is 35.8 Å². The first-order chi connectivity index (χ1) is 23.4. The average molecular weight is 769 g/mol. The van der Waals surface area contributed by atoms with Gasteiger partial charge in [0.25, 0.3) is 21.8 Å². The largest absolute Gasteiger partial charge is 0.543 e. The first kappa shape index (κ1) is 37.8. The molecule has 7 N–H and O–H groups in total. The molecular weight excluding hydrogens is 741 g/mol. The molecule has 2 aliphatic heterocycles. The van der Waals surface area contributed by atoms with Crippen LogP contribution in [0.2, 0.25) is 0 Å². The zero-order chi connectivity index (χ0) is 37.0. The molecule has 0 aromatic carbocycles. The Morgan fingerprint density at radius 1 is 1.22 bits per heavy atom. The van der Waals surface area contributed by atoms with Gasteiger partial charge >= 0.3 is 5.97 Å². The molecule has 0 unspecified atom stereocenters. The van der Waals surface area contributed by atoms with Gasteiger partial charge in [-0.05, 0) is 13.8 Å². The number of nitrogens with two attached hydrogens (primary N) is 2. The van der Waals surface area contributed by atoms with Gasteiger partial charge in [-0.25, -0.2) is 27.9 Å². The van der Waals surface area contributed by atoms with E-state index < -0.39 is 50.8 Å². The van der Waals surface area contributed by atoms with Gasteiger partial charge in [0.1, 0.15) is 17.1 Å². The number of β-lactam (4-membered cyclic amide) rings is 1. The van der Waals surface area contributed by atoms with Crippen molar-refractivity contribution in [1.82, 2.24) is 25.4 Å². The van der Waals surface area contributed by atoms with Crippen molar-refractivity contribution in [1.29, 1.82) is 0 Å². The smallest absolute Gasteiger partial charge is 0.350 e. The number of carbonyl (C=O) groups excluding carboxylic acids is 4. The lowest BCUT2D eigenvalue weighted by Gasteiger charge is -2.50. The number of primary sulfonamides is 1. The summed E-state index contributed by atoms with van der Waals surface area (Å²) in [7, 11) is -3.82.